The smallest absolute Gasteiger partial charge is 0.242 e. The number of nitrogens with zero attached hydrogens (tertiary/aromatic N) is 2. The Morgan fingerprint density at radius 1 is 1.20 bits per heavy atom. The molecule has 1 aromatic rings. The first-order valence-electron chi connectivity index (χ1n) is 10.2. The Kier molecular flexibility index (Phi) is 13.4. The second-order valence-corrected chi connectivity index (χ2v) is 6.96. The van der Waals surface area contributed by atoms with E-state index in [0.29, 0.717) is 25.7 Å². The zero-order chi connectivity index (χ0) is 20.9. The van der Waals surface area contributed by atoms with E-state index in [9.17, 15) is 4.79 Å². The van der Waals surface area contributed by atoms with Crippen LogP contribution in [0.5, 0.6) is 5.75 Å². The molecular formula is C21H35IN4O4. The minimum absolute atomic E-state index is 0. The standard InChI is InChI=1S/C21H34N4O4.HI/c1-4-22-21(25-10-9-18(15-25)16-29-12-11-27-2)24-14-20(26)23-13-17-5-7-19(28-3)8-6-17;/h5-8,18H,4,9-16H2,1-3H3,(H,22,24)(H,23,26);1H. The number of likely N-dealkylation sites (tertiary alicyclic amines) is 1. The molecule has 0 saturated carbocycles. The Morgan fingerprint density at radius 2 is 1.97 bits per heavy atom. The molecule has 0 spiro atoms. The molecule has 1 heterocycles. The molecule has 1 fully saturated rings. The van der Waals surface area contributed by atoms with E-state index in [1.54, 1.807) is 14.2 Å². The van der Waals surface area contributed by atoms with Crippen molar-refractivity contribution in [1.29, 1.82) is 0 Å². The number of halogens is 1. The summed E-state index contributed by atoms with van der Waals surface area (Å²) in [5.74, 6) is 1.95. The van der Waals surface area contributed by atoms with Gasteiger partial charge in [0.15, 0.2) is 5.96 Å². The van der Waals surface area contributed by atoms with Crippen molar-refractivity contribution in [2.75, 3.05) is 60.2 Å². The predicted octanol–water partition coefficient (Wildman–Crippen LogP) is 1.88. The highest BCUT2D eigenvalue weighted by Crippen LogP contribution is 2.16. The van der Waals surface area contributed by atoms with Gasteiger partial charge in [0.2, 0.25) is 5.91 Å². The zero-order valence-electron chi connectivity index (χ0n) is 18.2. The Balaban J connectivity index is 0.00000450. The summed E-state index contributed by atoms with van der Waals surface area (Å²) in [5, 5.41) is 6.19. The number of hydrogen-bond donors (Lipinski definition) is 2. The molecule has 2 N–H and O–H groups in total. The van der Waals surface area contributed by atoms with Crippen LogP contribution in [0, 0.1) is 5.92 Å². The zero-order valence-corrected chi connectivity index (χ0v) is 20.5. The first-order chi connectivity index (χ1) is 14.2. The second kappa shape index (κ2) is 15.2. The maximum absolute atomic E-state index is 12.2. The molecule has 0 bridgehead atoms. The molecule has 9 heteroatoms. The number of rotatable bonds is 11. The summed E-state index contributed by atoms with van der Waals surface area (Å²) in [6.45, 7) is 7.12. The number of ether oxygens (including phenoxy) is 3. The molecule has 0 aromatic heterocycles. The van der Waals surface area contributed by atoms with Crippen LogP contribution in [0.3, 0.4) is 0 Å². The van der Waals surface area contributed by atoms with Crippen LogP contribution in [-0.2, 0) is 20.8 Å². The van der Waals surface area contributed by atoms with Gasteiger partial charge in [-0.3, -0.25) is 4.79 Å². The van der Waals surface area contributed by atoms with Gasteiger partial charge in [-0.15, -0.1) is 24.0 Å². The van der Waals surface area contributed by atoms with E-state index in [1.807, 2.05) is 31.2 Å². The van der Waals surface area contributed by atoms with E-state index in [1.165, 1.54) is 0 Å². The van der Waals surface area contributed by atoms with Crippen molar-refractivity contribution >= 4 is 35.8 Å². The van der Waals surface area contributed by atoms with Crippen LogP contribution in [0.1, 0.15) is 18.9 Å². The normalized spacial score (nSPS) is 16.2. The number of guanidine groups is 1. The fraction of sp³-hybridized carbons (Fsp3) is 0.619. The van der Waals surface area contributed by atoms with Gasteiger partial charge in [0.1, 0.15) is 12.3 Å². The third kappa shape index (κ3) is 9.48. The lowest BCUT2D eigenvalue weighted by atomic mass is 10.1. The molecule has 0 aliphatic carbocycles. The Hall–Kier alpha value is -1.59. The molecule has 1 aliphatic rings. The Labute approximate surface area is 196 Å². The molecular weight excluding hydrogens is 499 g/mol. The van der Waals surface area contributed by atoms with Gasteiger partial charge in [0.05, 0.1) is 26.9 Å². The molecule has 1 aromatic carbocycles. The average molecular weight is 534 g/mol. The highest BCUT2D eigenvalue weighted by molar-refractivity contribution is 14.0. The molecule has 2 rings (SSSR count). The van der Waals surface area contributed by atoms with Crippen LogP contribution in [0.25, 0.3) is 0 Å². The molecule has 170 valence electrons. The van der Waals surface area contributed by atoms with Gasteiger partial charge in [-0.2, -0.15) is 0 Å². The number of nitrogens with one attached hydrogen (secondary N) is 2. The third-order valence-electron chi connectivity index (χ3n) is 4.73. The topological polar surface area (TPSA) is 84.4 Å². The number of aliphatic imine (C=N–C) groups is 1. The first kappa shape index (κ1) is 26.4. The predicted molar refractivity (Wildman–Crippen MR) is 129 cm³/mol. The Morgan fingerprint density at radius 3 is 2.63 bits per heavy atom. The molecule has 1 aliphatic heterocycles. The second-order valence-electron chi connectivity index (χ2n) is 6.96. The number of hydrogen-bond acceptors (Lipinski definition) is 5. The summed E-state index contributed by atoms with van der Waals surface area (Å²) in [5.41, 5.74) is 1.02. The van der Waals surface area contributed by atoms with E-state index < -0.39 is 0 Å². The number of amides is 1. The fourth-order valence-electron chi connectivity index (χ4n) is 3.13. The lowest BCUT2D eigenvalue weighted by Gasteiger charge is -2.21. The van der Waals surface area contributed by atoms with E-state index >= 15 is 0 Å². The average Bonchev–Trinajstić information content (AvgIpc) is 3.22. The van der Waals surface area contributed by atoms with Gasteiger partial charge in [-0.1, -0.05) is 12.1 Å². The largest absolute Gasteiger partial charge is 0.497 e. The van der Waals surface area contributed by atoms with Crippen LogP contribution in [0.15, 0.2) is 29.3 Å². The van der Waals surface area contributed by atoms with E-state index in [2.05, 4.69) is 20.5 Å². The number of carbonyl (C=O) groups excluding carboxylic acids is 1. The van der Waals surface area contributed by atoms with Crippen molar-refractivity contribution in [3.63, 3.8) is 0 Å². The highest BCUT2D eigenvalue weighted by Gasteiger charge is 2.25. The third-order valence-corrected chi connectivity index (χ3v) is 4.73. The molecule has 0 radical (unpaired) electrons. The summed E-state index contributed by atoms with van der Waals surface area (Å²) in [4.78, 5) is 18.9. The fourth-order valence-corrected chi connectivity index (χ4v) is 3.13. The highest BCUT2D eigenvalue weighted by atomic mass is 127. The van der Waals surface area contributed by atoms with Crippen LogP contribution in [-0.4, -0.2) is 77.0 Å². The summed E-state index contributed by atoms with van der Waals surface area (Å²) < 4.78 is 15.8. The molecule has 1 unspecified atom stereocenters. The Bertz CT molecular complexity index is 642. The maximum atomic E-state index is 12.2. The minimum Gasteiger partial charge on any atom is -0.497 e. The van der Waals surface area contributed by atoms with Gasteiger partial charge in [-0.05, 0) is 31.0 Å². The van der Waals surface area contributed by atoms with E-state index in [0.717, 1.165) is 49.9 Å². The van der Waals surface area contributed by atoms with Crippen LogP contribution >= 0.6 is 24.0 Å². The maximum Gasteiger partial charge on any atom is 0.242 e. The van der Waals surface area contributed by atoms with Gasteiger partial charge in [0, 0.05) is 39.2 Å². The van der Waals surface area contributed by atoms with Crippen molar-refractivity contribution in [2.45, 2.75) is 19.9 Å². The van der Waals surface area contributed by atoms with E-state index in [-0.39, 0.29) is 36.4 Å². The number of benzene rings is 1. The van der Waals surface area contributed by atoms with Gasteiger partial charge in [-0.25, -0.2) is 4.99 Å². The van der Waals surface area contributed by atoms with E-state index in [4.69, 9.17) is 14.2 Å². The van der Waals surface area contributed by atoms with Gasteiger partial charge >= 0.3 is 0 Å². The minimum atomic E-state index is -0.102. The lowest BCUT2D eigenvalue weighted by molar-refractivity contribution is -0.119. The van der Waals surface area contributed by atoms with Crippen molar-refractivity contribution in [3.05, 3.63) is 29.8 Å². The number of carbonyl (C=O) groups is 1. The monoisotopic (exact) mass is 534 g/mol. The molecule has 8 nitrogen and oxygen atoms in total. The van der Waals surface area contributed by atoms with Crippen LogP contribution in [0.2, 0.25) is 0 Å². The van der Waals surface area contributed by atoms with Crippen LogP contribution < -0.4 is 15.4 Å². The summed E-state index contributed by atoms with van der Waals surface area (Å²) in [6.07, 6.45) is 1.06. The van der Waals surface area contributed by atoms with Crippen molar-refractivity contribution in [2.24, 2.45) is 10.9 Å². The van der Waals surface area contributed by atoms with Crippen molar-refractivity contribution < 1.29 is 19.0 Å². The first-order valence-corrected chi connectivity index (χ1v) is 10.2. The van der Waals surface area contributed by atoms with Crippen molar-refractivity contribution in [1.82, 2.24) is 15.5 Å². The summed E-state index contributed by atoms with van der Waals surface area (Å²) in [6, 6.07) is 7.63. The SMILES string of the molecule is CCNC(=NCC(=O)NCc1ccc(OC)cc1)N1CCC(COCCOC)C1.I. The van der Waals surface area contributed by atoms with Gasteiger partial charge < -0.3 is 29.7 Å². The van der Waals surface area contributed by atoms with Crippen LogP contribution in [0.4, 0.5) is 0 Å². The lowest BCUT2D eigenvalue weighted by Crippen LogP contribution is -2.41. The number of methoxy groups -OCH3 is 2. The molecule has 1 amide bonds. The molecule has 1 atom stereocenters. The van der Waals surface area contributed by atoms with Crippen molar-refractivity contribution in [3.8, 4) is 5.75 Å². The summed E-state index contributed by atoms with van der Waals surface area (Å²) in [7, 11) is 3.31. The van der Waals surface area contributed by atoms with Gasteiger partial charge in [0.25, 0.3) is 0 Å². The summed E-state index contributed by atoms with van der Waals surface area (Å²) >= 11 is 0. The quantitative estimate of drug-likeness (QED) is 0.195. The molecule has 30 heavy (non-hydrogen) atoms. The molecule has 1 saturated heterocycles.